The van der Waals surface area contributed by atoms with E-state index in [1.165, 1.54) is 6.33 Å². The summed E-state index contributed by atoms with van der Waals surface area (Å²) in [6.45, 7) is 4.29. The van der Waals surface area contributed by atoms with Crippen LogP contribution in [0.2, 0.25) is 0 Å². The lowest BCUT2D eigenvalue weighted by Gasteiger charge is -2.08. The van der Waals surface area contributed by atoms with Crippen LogP contribution in [0.15, 0.2) is 42.0 Å². The van der Waals surface area contributed by atoms with Crippen molar-refractivity contribution in [1.82, 2.24) is 9.55 Å². The second-order valence-electron chi connectivity index (χ2n) is 3.37. The van der Waals surface area contributed by atoms with E-state index in [9.17, 15) is 4.79 Å². The SMILES string of the molecule is C=CCn1cnc(=O)c2cc(OC)ccc21. The molecule has 0 spiro atoms. The average molecular weight is 216 g/mol. The van der Waals surface area contributed by atoms with Crippen LogP contribution in [0.4, 0.5) is 0 Å². The summed E-state index contributed by atoms with van der Waals surface area (Å²) in [4.78, 5) is 15.4. The highest BCUT2D eigenvalue weighted by atomic mass is 16.5. The van der Waals surface area contributed by atoms with Crippen LogP contribution in [-0.2, 0) is 6.54 Å². The Morgan fingerprint density at radius 2 is 2.38 bits per heavy atom. The third kappa shape index (κ3) is 1.69. The molecule has 4 heteroatoms. The maximum Gasteiger partial charge on any atom is 0.280 e. The van der Waals surface area contributed by atoms with E-state index in [4.69, 9.17) is 4.74 Å². The summed E-state index contributed by atoms with van der Waals surface area (Å²) >= 11 is 0. The van der Waals surface area contributed by atoms with Gasteiger partial charge in [-0.25, -0.2) is 0 Å². The first kappa shape index (κ1) is 10.4. The minimum atomic E-state index is -0.241. The Morgan fingerprint density at radius 3 is 3.06 bits per heavy atom. The Labute approximate surface area is 92.8 Å². The molecule has 0 atom stereocenters. The summed E-state index contributed by atoms with van der Waals surface area (Å²) in [6, 6.07) is 5.37. The molecule has 82 valence electrons. The third-order valence-corrected chi connectivity index (χ3v) is 2.38. The molecule has 2 aromatic rings. The maximum atomic E-state index is 11.6. The van der Waals surface area contributed by atoms with Crippen molar-refractivity contribution in [3.05, 3.63) is 47.5 Å². The predicted octanol–water partition coefficient (Wildman–Crippen LogP) is 1.59. The molecule has 0 fully saturated rings. The molecule has 1 heterocycles. The lowest BCUT2D eigenvalue weighted by Crippen LogP contribution is -2.12. The van der Waals surface area contributed by atoms with Crippen LogP contribution in [0, 0.1) is 0 Å². The van der Waals surface area contributed by atoms with Gasteiger partial charge in [-0.2, -0.15) is 4.98 Å². The number of fused-ring (bicyclic) bond motifs is 1. The molecule has 0 saturated heterocycles. The number of ether oxygens (including phenoxy) is 1. The van der Waals surface area contributed by atoms with E-state index in [0.717, 1.165) is 5.52 Å². The summed E-state index contributed by atoms with van der Waals surface area (Å²) < 4.78 is 6.95. The number of hydrogen-bond acceptors (Lipinski definition) is 3. The van der Waals surface area contributed by atoms with Gasteiger partial charge in [-0.05, 0) is 18.2 Å². The van der Waals surface area contributed by atoms with Gasteiger partial charge in [0.1, 0.15) is 5.75 Å². The normalized spacial score (nSPS) is 10.3. The largest absolute Gasteiger partial charge is 0.497 e. The second kappa shape index (κ2) is 4.18. The van der Waals surface area contributed by atoms with Crippen molar-refractivity contribution in [2.45, 2.75) is 6.54 Å². The van der Waals surface area contributed by atoms with Crippen LogP contribution in [0.5, 0.6) is 5.75 Å². The number of allylic oxidation sites excluding steroid dienone is 1. The molecule has 0 N–H and O–H groups in total. The molecule has 0 aliphatic rings. The van der Waals surface area contributed by atoms with Crippen molar-refractivity contribution < 1.29 is 4.74 Å². The zero-order valence-corrected chi connectivity index (χ0v) is 9.01. The average Bonchev–Trinajstić information content (AvgIpc) is 2.33. The highest BCUT2D eigenvalue weighted by Crippen LogP contribution is 2.17. The Bertz CT molecular complexity index is 587. The summed E-state index contributed by atoms with van der Waals surface area (Å²) in [5.74, 6) is 0.655. The van der Waals surface area contributed by atoms with Crippen LogP contribution in [0.1, 0.15) is 0 Å². The van der Waals surface area contributed by atoms with E-state index in [2.05, 4.69) is 11.6 Å². The van der Waals surface area contributed by atoms with Gasteiger partial charge in [0.25, 0.3) is 5.56 Å². The zero-order valence-electron chi connectivity index (χ0n) is 9.01. The van der Waals surface area contributed by atoms with E-state index in [1.54, 1.807) is 19.3 Å². The van der Waals surface area contributed by atoms with Gasteiger partial charge in [-0.15, -0.1) is 6.58 Å². The van der Waals surface area contributed by atoms with Gasteiger partial charge >= 0.3 is 0 Å². The van der Waals surface area contributed by atoms with Crippen molar-refractivity contribution in [3.63, 3.8) is 0 Å². The molecule has 4 nitrogen and oxygen atoms in total. The number of benzene rings is 1. The van der Waals surface area contributed by atoms with Crippen LogP contribution in [0.3, 0.4) is 0 Å². The van der Waals surface area contributed by atoms with Gasteiger partial charge in [-0.1, -0.05) is 6.08 Å². The Hall–Kier alpha value is -2.10. The first-order valence-corrected chi connectivity index (χ1v) is 4.90. The molecule has 0 amide bonds. The van der Waals surface area contributed by atoms with Crippen molar-refractivity contribution in [2.24, 2.45) is 0 Å². The van der Waals surface area contributed by atoms with Gasteiger partial charge < -0.3 is 9.30 Å². The van der Waals surface area contributed by atoms with Gasteiger partial charge in [-0.3, -0.25) is 4.79 Å². The topological polar surface area (TPSA) is 44.1 Å². The van der Waals surface area contributed by atoms with Crippen LogP contribution in [0.25, 0.3) is 10.9 Å². The van der Waals surface area contributed by atoms with Crippen molar-refractivity contribution in [3.8, 4) is 5.75 Å². The molecule has 0 unspecified atom stereocenters. The number of aromatic nitrogens is 2. The summed E-state index contributed by atoms with van der Waals surface area (Å²) in [5.41, 5.74) is 0.593. The van der Waals surface area contributed by atoms with E-state index in [1.807, 2.05) is 16.7 Å². The molecule has 0 saturated carbocycles. The molecule has 16 heavy (non-hydrogen) atoms. The smallest absolute Gasteiger partial charge is 0.280 e. The van der Waals surface area contributed by atoms with E-state index >= 15 is 0 Å². The van der Waals surface area contributed by atoms with Crippen molar-refractivity contribution >= 4 is 10.9 Å². The lowest BCUT2D eigenvalue weighted by molar-refractivity contribution is 0.415. The number of nitrogens with zero attached hydrogens (tertiary/aromatic N) is 2. The molecular formula is C12H12N2O2. The van der Waals surface area contributed by atoms with Crippen molar-refractivity contribution in [1.29, 1.82) is 0 Å². The Kier molecular flexibility index (Phi) is 2.72. The van der Waals surface area contributed by atoms with E-state index in [0.29, 0.717) is 17.7 Å². The number of hydrogen-bond donors (Lipinski definition) is 0. The third-order valence-electron chi connectivity index (χ3n) is 2.38. The van der Waals surface area contributed by atoms with Gasteiger partial charge in [0, 0.05) is 6.54 Å². The second-order valence-corrected chi connectivity index (χ2v) is 3.37. The van der Waals surface area contributed by atoms with Crippen LogP contribution >= 0.6 is 0 Å². The summed E-state index contributed by atoms with van der Waals surface area (Å²) in [7, 11) is 1.57. The summed E-state index contributed by atoms with van der Waals surface area (Å²) in [5, 5.41) is 0.559. The molecular weight excluding hydrogens is 204 g/mol. The van der Waals surface area contributed by atoms with Gasteiger partial charge in [0.05, 0.1) is 24.3 Å². The van der Waals surface area contributed by atoms with Crippen LogP contribution in [-0.4, -0.2) is 16.7 Å². The summed E-state index contributed by atoms with van der Waals surface area (Å²) in [6.07, 6.45) is 3.29. The standard InChI is InChI=1S/C12H12N2O2/c1-3-6-14-8-13-12(15)10-7-9(16-2)4-5-11(10)14/h3-5,7-8H,1,6H2,2H3. The molecule has 1 aromatic heterocycles. The zero-order chi connectivity index (χ0) is 11.5. The molecule has 0 radical (unpaired) electrons. The number of methoxy groups -OCH3 is 1. The van der Waals surface area contributed by atoms with Crippen molar-refractivity contribution in [2.75, 3.05) is 7.11 Å². The number of rotatable bonds is 3. The lowest BCUT2D eigenvalue weighted by atomic mass is 10.2. The first-order valence-electron chi connectivity index (χ1n) is 4.90. The van der Waals surface area contributed by atoms with E-state index in [-0.39, 0.29) is 5.56 Å². The first-order chi connectivity index (χ1) is 7.76. The van der Waals surface area contributed by atoms with E-state index < -0.39 is 0 Å². The quantitative estimate of drug-likeness (QED) is 0.732. The fraction of sp³-hybridized carbons (Fsp3) is 0.167. The van der Waals surface area contributed by atoms with Gasteiger partial charge in [0.15, 0.2) is 0 Å². The Morgan fingerprint density at radius 1 is 1.56 bits per heavy atom. The monoisotopic (exact) mass is 216 g/mol. The Balaban J connectivity index is 2.75. The highest BCUT2D eigenvalue weighted by Gasteiger charge is 2.04. The fourth-order valence-electron chi connectivity index (χ4n) is 1.60. The fourth-order valence-corrected chi connectivity index (χ4v) is 1.60. The van der Waals surface area contributed by atoms with Gasteiger partial charge in [0.2, 0.25) is 0 Å². The molecule has 0 aliphatic carbocycles. The minimum absolute atomic E-state index is 0.241. The minimum Gasteiger partial charge on any atom is -0.497 e. The molecule has 2 rings (SSSR count). The maximum absolute atomic E-state index is 11.6. The molecule has 0 bridgehead atoms. The molecule has 1 aromatic carbocycles. The van der Waals surface area contributed by atoms with Crippen LogP contribution < -0.4 is 10.3 Å². The molecule has 0 aliphatic heterocycles. The predicted molar refractivity (Wildman–Crippen MR) is 62.8 cm³/mol. The highest BCUT2D eigenvalue weighted by molar-refractivity contribution is 5.79.